The third kappa shape index (κ3) is 2.05. The molecule has 0 radical (unpaired) electrons. The van der Waals surface area contributed by atoms with Crippen LogP contribution >= 0.6 is 0 Å². The maximum Gasteiger partial charge on any atom is 0.226 e. The third-order valence-corrected chi connectivity index (χ3v) is 2.22. The van der Waals surface area contributed by atoms with E-state index in [0.29, 0.717) is 6.54 Å². The van der Waals surface area contributed by atoms with Gasteiger partial charge in [0, 0.05) is 19.3 Å². The Morgan fingerprint density at radius 1 is 1.64 bits per heavy atom. The number of aromatic nitrogens is 2. The van der Waals surface area contributed by atoms with Crippen LogP contribution in [-0.2, 0) is 11.3 Å². The van der Waals surface area contributed by atoms with Crippen LogP contribution in [0.3, 0.4) is 0 Å². The van der Waals surface area contributed by atoms with Crippen LogP contribution in [0.5, 0.6) is 0 Å². The summed E-state index contributed by atoms with van der Waals surface area (Å²) in [4.78, 5) is 11.4. The van der Waals surface area contributed by atoms with E-state index in [0.717, 1.165) is 18.8 Å². The van der Waals surface area contributed by atoms with Crippen LogP contribution in [0, 0.1) is 5.92 Å². The third-order valence-electron chi connectivity index (χ3n) is 2.22. The molecule has 0 unspecified atom stereocenters. The van der Waals surface area contributed by atoms with Gasteiger partial charge in [-0.15, -0.1) is 0 Å². The van der Waals surface area contributed by atoms with Crippen LogP contribution in [0.15, 0.2) is 18.3 Å². The predicted octanol–water partition coefficient (Wildman–Crippen LogP) is -0.688. The zero-order chi connectivity index (χ0) is 9.80. The molecule has 0 atom stereocenters. The van der Waals surface area contributed by atoms with Gasteiger partial charge in [0.25, 0.3) is 0 Å². The second kappa shape index (κ2) is 4.15. The van der Waals surface area contributed by atoms with Crippen LogP contribution in [0.1, 0.15) is 5.69 Å². The summed E-state index contributed by atoms with van der Waals surface area (Å²) in [5.74, 6) is 0.223. The van der Waals surface area contributed by atoms with Gasteiger partial charge in [0.05, 0.1) is 18.2 Å². The summed E-state index contributed by atoms with van der Waals surface area (Å²) < 4.78 is 0. The maximum atomic E-state index is 11.4. The molecule has 2 rings (SSSR count). The zero-order valence-electron chi connectivity index (χ0n) is 7.73. The minimum Gasteiger partial charge on any atom is -0.350 e. The summed E-state index contributed by atoms with van der Waals surface area (Å²) in [5.41, 5.74) is 0.785. The molecule has 1 saturated heterocycles. The zero-order valence-corrected chi connectivity index (χ0v) is 7.73. The van der Waals surface area contributed by atoms with Crippen molar-refractivity contribution in [2.45, 2.75) is 6.54 Å². The van der Waals surface area contributed by atoms with Crippen molar-refractivity contribution in [1.29, 1.82) is 0 Å². The van der Waals surface area contributed by atoms with Crippen molar-refractivity contribution in [3.05, 3.63) is 24.0 Å². The van der Waals surface area contributed by atoms with Crippen molar-refractivity contribution in [2.24, 2.45) is 5.92 Å². The van der Waals surface area contributed by atoms with Crippen LogP contribution in [0.25, 0.3) is 0 Å². The van der Waals surface area contributed by atoms with Gasteiger partial charge in [0.1, 0.15) is 0 Å². The van der Waals surface area contributed by atoms with Gasteiger partial charge in [-0.25, -0.2) is 0 Å². The normalized spacial score (nSPS) is 16.0. The Balaban J connectivity index is 1.79. The first-order valence-electron chi connectivity index (χ1n) is 4.61. The minimum absolute atomic E-state index is 0.0920. The first kappa shape index (κ1) is 9.08. The molecule has 1 aromatic heterocycles. The lowest BCUT2D eigenvalue weighted by molar-refractivity contribution is -0.126. The Kier molecular flexibility index (Phi) is 2.69. The van der Waals surface area contributed by atoms with Crippen molar-refractivity contribution in [2.75, 3.05) is 13.1 Å². The molecular weight excluding hydrogens is 180 g/mol. The molecule has 74 valence electrons. The number of nitrogens with one attached hydrogen (secondary N) is 2. The van der Waals surface area contributed by atoms with E-state index in [1.165, 1.54) is 0 Å². The molecule has 5 heteroatoms. The number of hydrogen-bond donors (Lipinski definition) is 2. The van der Waals surface area contributed by atoms with E-state index >= 15 is 0 Å². The largest absolute Gasteiger partial charge is 0.350 e. The van der Waals surface area contributed by atoms with Crippen molar-refractivity contribution in [3.63, 3.8) is 0 Å². The molecule has 1 aliphatic heterocycles. The second-order valence-corrected chi connectivity index (χ2v) is 3.29. The second-order valence-electron chi connectivity index (χ2n) is 3.29. The molecule has 0 aromatic carbocycles. The number of carbonyl (C=O) groups excluding carboxylic acids is 1. The van der Waals surface area contributed by atoms with Crippen LogP contribution < -0.4 is 10.6 Å². The van der Waals surface area contributed by atoms with E-state index in [-0.39, 0.29) is 11.8 Å². The van der Waals surface area contributed by atoms with E-state index in [1.54, 1.807) is 12.3 Å². The van der Waals surface area contributed by atoms with Gasteiger partial charge >= 0.3 is 0 Å². The number of rotatable bonds is 3. The summed E-state index contributed by atoms with van der Waals surface area (Å²) in [6, 6.07) is 3.64. The highest BCUT2D eigenvalue weighted by molar-refractivity contribution is 5.79. The van der Waals surface area contributed by atoms with Crippen molar-refractivity contribution in [1.82, 2.24) is 20.8 Å². The standard InChI is InChI=1S/C9H12N4O/c14-9(7-4-10-5-7)11-6-8-2-1-3-12-13-8/h1-3,7,10H,4-6H2,(H,11,14). The predicted molar refractivity (Wildman–Crippen MR) is 50.2 cm³/mol. The van der Waals surface area contributed by atoms with Crippen molar-refractivity contribution in [3.8, 4) is 0 Å². The van der Waals surface area contributed by atoms with Gasteiger partial charge in [-0.05, 0) is 12.1 Å². The average Bonchev–Trinajstić information content (AvgIpc) is 2.14. The molecule has 1 aliphatic rings. The highest BCUT2D eigenvalue weighted by Gasteiger charge is 2.24. The Morgan fingerprint density at radius 2 is 2.50 bits per heavy atom. The highest BCUT2D eigenvalue weighted by atomic mass is 16.2. The number of carbonyl (C=O) groups is 1. The fourth-order valence-corrected chi connectivity index (χ4v) is 1.22. The molecule has 14 heavy (non-hydrogen) atoms. The lowest BCUT2D eigenvalue weighted by atomic mass is 10.0. The van der Waals surface area contributed by atoms with Crippen LogP contribution in [-0.4, -0.2) is 29.2 Å². The smallest absolute Gasteiger partial charge is 0.226 e. The van der Waals surface area contributed by atoms with Crippen LogP contribution in [0.4, 0.5) is 0 Å². The minimum atomic E-state index is 0.0920. The van der Waals surface area contributed by atoms with Gasteiger partial charge < -0.3 is 10.6 Å². The van der Waals surface area contributed by atoms with Gasteiger partial charge in [0.2, 0.25) is 5.91 Å². The molecule has 0 aliphatic carbocycles. The van der Waals surface area contributed by atoms with Gasteiger partial charge in [-0.1, -0.05) is 0 Å². The Labute approximate surface area is 81.9 Å². The first-order valence-corrected chi connectivity index (χ1v) is 4.61. The van der Waals surface area contributed by atoms with E-state index in [9.17, 15) is 4.79 Å². The van der Waals surface area contributed by atoms with Crippen molar-refractivity contribution >= 4 is 5.91 Å². The highest BCUT2D eigenvalue weighted by Crippen LogP contribution is 2.02. The molecule has 2 N–H and O–H groups in total. The summed E-state index contributed by atoms with van der Waals surface area (Å²) in [5, 5.41) is 13.5. The SMILES string of the molecule is O=C(NCc1cccnn1)C1CNC1. The van der Waals surface area contributed by atoms with E-state index in [4.69, 9.17) is 0 Å². The fraction of sp³-hybridized carbons (Fsp3) is 0.444. The molecule has 1 fully saturated rings. The maximum absolute atomic E-state index is 11.4. The average molecular weight is 192 g/mol. The van der Waals surface area contributed by atoms with E-state index in [2.05, 4.69) is 20.8 Å². The first-order chi connectivity index (χ1) is 6.86. The molecule has 0 saturated carbocycles. The lowest BCUT2D eigenvalue weighted by Crippen LogP contribution is -2.50. The van der Waals surface area contributed by atoms with Gasteiger partial charge in [0.15, 0.2) is 0 Å². The van der Waals surface area contributed by atoms with Gasteiger partial charge in [-0.3, -0.25) is 4.79 Å². The summed E-state index contributed by atoms with van der Waals surface area (Å²) >= 11 is 0. The Hall–Kier alpha value is -1.49. The molecular formula is C9H12N4O. The van der Waals surface area contributed by atoms with Crippen molar-refractivity contribution < 1.29 is 4.79 Å². The number of hydrogen-bond acceptors (Lipinski definition) is 4. The monoisotopic (exact) mass is 192 g/mol. The quantitative estimate of drug-likeness (QED) is 0.665. The molecule has 1 aromatic rings. The molecule has 5 nitrogen and oxygen atoms in total. The molecule has 2 heterocycles. The molecule has 1 amide bonds. The number of amides is 1. The van der Waals surface area contributed by atoms with E-state index in [1.807, 2.05) is 6.07 Å². The number of nitrogens with zero attached hydrogens (tertiary/aromatic N) is 2. The fourth-order valence-electron chi connectivity index (χ4n) is 1.22. The van der Waals surface area contributed by atoms with Gasteiger partial charge in [-0.2, -0.15) is 10.2 Å². The van der Waals surface area contributed by atoms with E-state index < -0.39 is 0 Å². The Morgan fingerprint density at radius 3 is 3.07 bits per heavy atom. The lowest BCUT2D eigenvalue weighted by Gasteiger charge is -2.25. The van der Waals surface area contributed by atoms with Crippen LogP contribution in [0.2, 0.25) is 0 Å². The topological polar surface area (TPSA) is 66.9 Å². The molecule has 0 spiro atoms. The summed E-state index contributed by atoms with van der Waals surface area (Å²) in [6.45, 7) is 2.03. The summed E-state index contributed by atoms with van der Waals surface area (Å²) in [7, 11) is 0. The summed E-state index contributed by atoms with van der Waals surface area (Å²) in [6.07, 6.45) is 1.61. The Bertz CT molecular complexity index is 310. The molecule has 0 bridgehead atoms.